The van der Waals surface area contributed by atoms with E-state index in [1.807, 2.05) is 19.1 Å². The zero-order valence-corrected chi connectivity index (χ0v) is 16.9. The molecular formula is C22H22N2O4S. The quantitative estimate of drug-likeness (QED) is 0.649. The van der Waals surface area contributed by atoms with Crippen LogP contribution < -0.4 is 10.9 Å². The van der Waals surface area contributed by atoms with Crippen molar-refractivity contribution in [2.75, 3.05) is 11.1 Å². The van der Waals surface area contributed by atoms with Crippen LogP contribution in [0.5, 0.6) is 0 Å². The molecule has 0 radical (unpaired) electrons. The van der Waals surface area contributed by atoms with Crippen molar-refractivity contribution in [3.8, 4) is 0 Å². The molecule has 0 spiro atoms. The van der Waals surface area contributed by atoms with Gasteiger partial charge in [0.1, 0.15) is 0 Å². The number of hydrogen-bond donors (Lipinski definition) is 1. The monoisotopic (exact) mass is 410 g/mol. The predicted molar refractivity (Wildman–Crippen MR) is 113 cm³/mol. The highest BCUT2D eigenvalue weighted by Gasteiger charge is 2.16. The fourth-order valence-corrected chi connectivity index (χ4v) is 4.04. The molecule has 7 heteroatoms. The second-order valence-electron chi connectivity index (χ2n) is 6.79. The number of aryl methyl sites for hydroxylation is 1. The van der Waals surface area contributed by atoms with Gasteiger partial charge in [-0.05, 0) is 42.8 Å². The van der Waals surface area contributed by atoms with Crippen molar-refractivity contribution >= 4 is 21.4 Å². The van der Waals surface area contributed by atoms with Crippen LogP contribution in [-0.2, 0) is 21.2 Å². The highest BCUT2D eigenvalue weighted by atomic mass is 32.2. The maximum Gasteiger partial charge on any atom is 0.250 e. The van der Waals surface area contributed by atoms with Crippen molar-refractivity contribution in [1.29, 1.82) is 0 Å². The molecule has 150 valence electrons. The van der Waals surface area contributed by atoms with Gasteiger partial charge in [-0.25, -0.2) is 8.42 Å². The standard InChI is InChI=1S/C22H22N2O4S/c1-17-5-11-20(12-6-17)29(27,28)15-13-21(25)23-19-9-7-18(8-10-19)16-24-14-3-2-4-22(24)26/h2-12,14H,13,15-16H2,1H3,(H,23,25). The van der Waals surface area contributed by atoms with Crippen LogP contribution in [0.3, 0.4) is 0 Å². The number of rotatable bonds is 7. The summed E-state index contributed by atoms with van der Waals surface area (Å²) in [5, 5.41) is 2.71. The van der Waals surface area contributed by atoms with Gasteiger partial charge in [-0.1, -0.05) is 35.9 Å². The molecule has 0 unspecified atom stereocenters. The van der Waals surface area contributed by atoms with Crippen LogP contribution in [0.15, 0.2) is 82.6 Å². The van der Waals surface area contributed by atoms with Gasteiger partial charge in [-0.2, -0.15) is 0 Å². The van der Waals surface area contributed by atoms with Crippen LogP contribution in [0, 0.1) is 6.92 Å². The third kappa shape index (κ3) is 5.65. The van der Waals surface area contributed by atoms with E-state index >= 15 is 0 Å². The first kappa shape index (κ1) is 20.5. The zero-order valence-electron chi connectivity index (χ0n) is 16.0. The SMILES string of the molecule is Cc1ccc(S(=O)(=O)CCC(=O)Nc2ccc(Cn3ccccc3=O)cc2)cc1. The Kier molecular flexibility index (Phi) is 6.29. The van der Waals surface area contributed by atoms with Crippen LogP contribution in [0.2, 0.25) is 0 Å². The smallest absolute Gasteiger partial charge is 0.250 e. The molecule has 0 aliphatic carbocycles. The van der Waals surface area contributed by atoms with E-state index in [2.05, 4.69) is 5.32 Å². The van der Waals surface area contributed by atoms with Crippen molar-refractivity contribution in [3.63, 3.8) is 0 Å². The lowest BCUT2D eigenvalue weighted by atomic mass is 10.2. The Morgan fingerprint density at radius 1 is 0.966 bits per heavy atom. The Morgan fingerprint density at radius 2 is 1.66 bits per heavy atom. The minimum absolute atomic E-state index is 0.0836. The lowest BCUT2D eigenvalue weighted by Crippen LogP contribution is -2.18. The Bertz CT molecular complexity index is 1150. The number of sulfone groups is 1. The van der Waals surface area contributed by atoms with E-state index in [1.54, 1.807) is 59.3 Å². The lowest BCUT2D eigenvalue weighted by molar-refractivity contribution is -0.115. The van der Waals surface area contributed by atoms with Crippen LogP contribution in [0.1, 0.15) is 17.5 Å². The van der Waals surface area contributed by atoms with Gasteiger partial charge in [0.05, 0.1) is 17.2 Å². The molecule has 29 heavy (non-hydrogen) atoms. The van der Waals surface area contributed by atoms with Crippen molar-refractivity contribution in [1.82, 2.24) is 4.57 Å². The van der Waals surface area contributed by atoms with E-state index in [0.717, 1.165) is 11.1 Å². The fourth-order valence-electron chi connectivity index (χ4n) is 2.80. The van der Waals surface area contributed by atoms with Crippen LogP contribution in [0.4, 0.5) is 5.69 Å². The van der Waals surface area contributed by atoms with Crippen molar-refractivity contribution < 1.29 is 13.2 Å². The number of nitrogens with one attached hydrogen (secondary N) is 1. The molecule has 6 nitrogen and oxygen atoms in total. The van der Waals surface area contributed by atoms with Crippen molar-refractivity contribution in [2.45, 2.75) is 24.8 Å². The molecule has 0 bridgehead atoms. The fraction of sp³-hybridized carbons (Fsp3) is 0.182. The highest BCUT2D eigenvalue weighted by Crippen LogP contribution is 2.14. The first-order chi connectivity index (χ1) is 13.8. The number of aromatic nitrogens is 1. The largest absolute Gasteiger partial charge is 0.326 e. The summed E-state index contributed by atoms with van der Waals surface area (Å²) in [5.41, 5.74) is 2.38. The van der Waals surface area contributed by atoms with Crippen LogP contribution in [0.25, 0.3) is 0 Å². The molecule has 1 N–H and O–H groups in total. The summed E-state index contributed by atoms with van der Waals surface area (Å²) in [5.74, 6) is -0.621. The third-order valence-corrected chi connectivity index (χ3v) is 6.20. The number of carbonyl (C=O) groups excluding carboxylic acids is 1. The minimum atomic E-state index is -3.50. The first-order valence-corrected chi connectivity index (χ1v) is 10.8. The number of nitrogens with zero attached hydrogens (tertiary/aromatic N) is 1. The van der Waals surface area contributed by atoms with Crippen LogP contribution >= 0.6 is 0 Å². The molecule has 1 amide bonds. The average molecular weight is 410 g/mol. The number of anilines is 1. The van der Waals surface area contributed by atoms with Gasteiger partial charge in [0.2, 0.25) is 5.91 Å². The second kappa shape index (κ2) is 8.87. The normalized spacial score (nSPS) is 11.2. The summed E-state index contributed by atoms with van der Waals surface area (Å²) in [6.07, 6.45) is 1.59. The van der Waals surface area contributed by atoms with Crippen LogP contribution in [-0.4, -0.2) is 24.6 Å². The van der Waals surface area contributed by atoms with E-state index in [4.69, 9.17) is 0 Å². The Morgan fingerprint density at radius 3 is 2.31 bits per heavy atom. The van der Waals surface area contributed by atoms with E-state index in [-0.39, 0.29) is 28.5 Å². The molecule has 3 aromatic rings. The second-order valence-corrected chi connectivity index (χ2v) is 8.90. The highest BCUT2D eigenvalue weighted by molar-refractivity contribution is 7.91. The van der Waals surface area contributed by atoms with Gasteiger partial charge in [0, 0.05) is 24.4 Å². The van der Waals surface area contributed by atoms with Crippen molar-refractivity contribution in [2.24, 2.45) is 0 Å². The molecule has 0 aliphatic rings. The number of hydrogen-bond acceptors (Lipinski definition) is 4. The summed E-state index contributed by atoms with van der Waals surface area (Å²) in [6, 6.07) is 18.7. The molecule has 0 aliphatic heterocycles. The molecule has 2 aromatic carbocycles. The van der Waals surface area contributed by atoms with Crippen molar-refractivity contribution in [3.05, 3.63) is 94.4 Å². The summed E-state index contributed by atoms with van der Waals surface area (Å²) < 4.78 is 26.3. The van der Waals surface area contributed by atoms with Gasteiger partial charge in [0.15, 0.2) is 9.84 Å². The van der Waals surface area contributed by atoms with E-state index in [1.165, 1.54) is 6.07 Å². The maximum absolute atomic E-state index is 12.3. The van der Waals surface area contributed by atoms with Gasteiger partial charge in [0.25, 0.3) is 5.56 Å². The van der Waals surface area contributed by atoms with Gasteiger partial charge >= 0.3 is 0 Å². The minimum Gasteiger partial charge on any atom is -0.326 e. The summed E-state index contributed by atoms with van der Waals surface area (Å²) in [4.78, 5) is 24.1. The molecule has 1 aromatic heterocycles. The summed E-state index contributed by atoms with van der Waals surface area (Å²) in [6.45, 7) is 2.32. The number of benzene rings is 2. The predicted octanol–water partition coefficient (Wildman–Crippen LogP) is 3.01. The zero-order chi connectivity index (χ0) is 20.9. The van der Waals surface area contributed by atoms with E-state index < -0.39 is 9.84 Å². The summed E-state index contributed by atoms with van der Waals surface area (Å²) in [7, 11) is -3.50. The molecule has 3 rings (SSSR count). The number of carbonyl (C=O) groups is 1. The van der Waals surface area contributed by atoms with E-state index in [9.17, 15) is 18.0 Å². The average Bonchev–Trinajstić information content (AvgIpc) is 2.70. The maximum atomic E-state index is 12.3. The first-order valence-electron chi connectivity index (χ1n) is 9.17. The van der Waals surface area contributed by atoms with E-state index in [0.29, 0.717) is 12.2 Å². The topological polar surface area (TPSA) is 85.2 Å². The van der Waals surface area contributed by atoms with Gasteiger partial charge < -0.3 is 9.88 Å². The molecule has 0 saturated heterocycles. The molecule has 1 heterocycles. The molecule has 0 saturated carbocycles. The number of pyridine rings is 1. The molecule has 0 fully saturated rings. The Labute approximate surface area is 169 Å². The van der Waals surface area contributed by atoms with Gasteiger partial charge in [-0.3, -0.25) is 9.59 Å². The molecular weight excluding hydrogens is 388 g/mol. The Hall–Kier alpha value is -3.19. The van der Waals surface area contributed by atoms with Gasteiger partial charge in [-0.15, -0.1) is 0 Å². The summed E-state index contributed by atoms with van der Waals surface area (Å²) >= 11 is 0. The third-order valence-electron chi connectivity index (χ3n) is 4.47. The lowest BCUT2D eigenvalue weighted by Gasteiger charge is -2.09. The molecule has 0 atom stereocenters. The number of amides is 1. The Balaban J connectivity index is 1.56.